The fraction of sp³-hybridized carbons (Fsp3) is 0.917. The predicted molar refractivity (Wildman–Crippen MR) is 65.7 cm³/mol. The lowest BCUT2D eigenvalue weighted by Crippen LogP contribution is -2.53. The van der Waals surface area contributed by atoms with Gasteiger partial charge in [0.2, 0.25) is 5.91 Å². The molecular formula is C12H23N3O2. The summed E-state index contributed by atoms with van der Waals surface area (Å²) in [6.45, 7) is 6.76. The molecule has 2 N–H and O–H groups in total. The maximum atomic E-state index is 12.4. The van der Waals surface area contributed by atoms with E-state index in [0.29, 0.717) is 6.54 Å². The van der Waals surface area contributed by atoms with Gasteiger partial charge >= 0.3 is 0 Å². The zero-order chi connectivity index (χ0) is 12.3. The van der Waals surface area contributed by atoms with Gasteiger partial charge in [0.1, 0.15) is 0 Å². The van der Waals surface area contributed by atoms with Crippen LogP contribution in [0.3, 0.4) is 0 Å². The molecule has 1 unspecified atom stereocenters. The van der Waals surface area contributed by atoms with Crippen LogP contribution < -0.4 is 5.32 Å². The Morgan fingerprint density at radius 2 is 2.12 bits per heavy atom. The summed E-state index contributed by atoms with van der Waals surface area (Å²) in [7, 11) is 0. The molecule has 2 aliphatic heterocycles. The van der Waals surface area contributed by atoms with Crippen LogP contribution in [0.1, 0.15) is 19.8 Å². The van der Waals surface area contributed by atoms with Crippen molar-refractivity contribution in [2.75, 3.05) is 39.3 Å². The Hall–Kier alpha value is -0.650. The summed E-state index contributed by atoms with van der Waals surface area (Å²) in [5, 5.41) is 12.7. The van der Waals surface area contributed by atoms with Gasteiger partial charge < -0.3 is 15.3 Å². The first-order valence-electron chi connectivity index (χ1n) is 6.60. The minimum atomic E-state index is -0.355. The molecule has 5 nitrogen and oxygen atoms in total. The van der Waals surface area contributed by atoms with Gasteiger partial charge in [-0.1, -0.05) is 0 Å². The van der Waals surface area contributed by atoms with E-state index < -0.39 is 0 Å². The molecule has 2 heterocycles. The smallest absolute Gasteiger partial charge is 0.240 e. The van der Waals surface area contributed by atoms with Gasteiger partial charge in [0.15, 0.2) is 0 Å². The van der Waals surface area contributed by atoms with E-state index in [2.05, 4.69) is 10.2 Å². The van der Waals surface area contributed by atoms with Crippen LogP contribution in [-0.2, 0) is 4.79 Å². The van der Waals surface area contributed by atoms with Gasteiger partial charge in [-0.05, 0) is 26.3 Å². The van der Waals surface area contributed by atoms with Crippen LogP contribution in [0.2, 0.25) is 0 Å². The van der Waals surface area contributed by atoms with Gasteiger partial charge in [-0.3, -0.25) is 9.69 Å². The first-order valence-corrected chi connectivity index (χ1v) is 6.60. The largest absolute Gasteiger partial charge is 0.392 e. The van der Waals surface area contributed by atoms with E-state index >= 15 is 0 Å². The van der Waals surface area contributed by atoms with Crippen LogP contribution in [0.25, 0.3) is 0 Å². The van der Waals surface area contributed by atoms with E-state index in [1.54, 1.807) is 6.92 Å². The third kappa shape index (κ3) is 3.18. The number of carbonyl (C=O) groups excluding carboxylic acids is 1. The van der Waals surface area contributed by atoms with Gasteiger partial charge in [0, 0.05) is 32.7 Å². The SMILES string of the molecule is C[C@@H](O)CN1CCCC1C(=O)N1CCNCC1. The van der Waals surface area contributed by atoms with Gasteiger partial charge in [-0.25, -0.2) is 0 Å². The molecule has 17 heavy (non-hydrogen) atoms. The van der Waals surface area contributed by atoms with Crippen molar-refractivity contribution in [3.8, 4) is 0 Å². The normalized spacial score (nSPS) is 28.4. The highest BCUT2D eigenvalue weighted by atomic mass is 16.3. The number of piperazine rings is 1. The number of aliphatic hydroxyl groups excluding tert-OH is 1. The fourth-order valence-corrected chi connectivity index (χ4v) is 2.76. The maximum absolute atomic E-state index is 12.4. The summed E-state index contributed by atoms with van der Waals surface area (Å²) >= 11 is 0. The molecule has 2 aliphatic rings. The molecule has 0 saturated carbocycles. The molecule has 0 aromatic rings. The van der Waals surface area contributed by atoms with Crippen molar-refractivity contribution in [1.29, 1.82) is 0 Å². The monoisotopic (exact) mass is 241 g/mol. The second-order valence-electron chi connectivity index (χ2n) is 5.08. The number of nitrogens with zero attached hydrogens (tertiary/aromatic N) is 2. The third-order valence-corrected chi connectivity index (χ3v) is 3.58. The molecule has 0 spiro atoms. The second kappa shape index (κ2) is 5.80. The number of likely N-dealkylation sites (tertiary alicyclic amines) is 1. The summed E-state index contributed by atoms with van der Waals surface area (Å²) in [5.41, 5.74) is 0. The summed E-state index contributed by atoms with van der Waals surface area (Å²) in [4.78, 5) is 16.5. The van der Waals surface area contributed by atoms with Crippen LogP contribution in [0, 0.1) is 0 Å². The summed E-state index contributed by atoms with van der Waals surface area (Å²) < 4.78 is 0. The van der Waals surface area contributed by atoms with Gasteiger partial charge in [0.25, 0.3) is 0 Å². The van der Waals surface area contributed by atoms with E-state index in [1.165, 1.54) is 0 Å². The lowest BCUT2D eigenvalue weighted by molar-refractivity contribution is -0.136. The highest BCUT2D eigenvalue weighted by Crippen LogP contribution is 2.19. The standard InChI is InChI=1S/C12H23N3O2/c1-10(16)9-15-6-2-3-11(15)12(17)14-7-4-13-5-8-14/h10-11,13,16H,2-9H2,1H3/t10-,11?/m1/s1. The maximum Gasteiger partial charge on any atom is 0.240 e. The average molecular weight is 241 g/mol. The van der Waals surface area contributed by atoms with Crippen LogP contribution in [0.15, 0.2) is 0 Å². The molecule has 2 rings (SSSR count). The fourth-order valence-electron chi connectivity index (χ4n) is 2.76. The number of nitrogens with one attached hydrogen (secondary N) is 1. The number of amides is 1. The van der Waals surface area contributed by atoms with Crippen molar-refractivity contribution < 1.29 is 9.90 Å². The minimum Gasteiger partial charge on any atom is -0.392 e. The molecule has 0 aromatic heterocycles. The Morgan fingerprint density at radius 1 is 1.41 bits per heavy atom. The summed E-state index contributed by atoms with van der Waals surface area (Å²) in [6, 6.07) is 0.00250. The van der Waals surface area contributed by atoms with Crippen molar-refractivity contribution in [2.24, 2.45) is 0 Å². The van der Waals surface area contributed by atoms with Gasteiger partial charge in [-0.2, -0.15) is 0 Å². The van der Waals surface area contributed by atoms with E-state index in [0.717, 1.165) is 45.6 Å². The molecule has 0 radical (unpaired) electrons. The molecule has 0 aliphatic carbocycles. The first-order chi connectivity index (χ1) is 8.18. The number of β-amino-alcohol motifs (C(OH)–C–C–N with tert-alkyl or cyclic N) is 1. The molecule has 5 heteroatoms. The molecule has 2 saturated heterocycles. The molecule has 0 aromatic carbocycles. The zero-order valence-electron chi connectivity index (χ0n) is 10.6. The number of carbonyl (C=O) groups is 1. The third-order valence-electron chi connectivity index (χ3n) is 3.58. The Morgan fingerprint density at radius 3 is 2.76 bits per heavy atom. The quantitative estimate of drug-likeness (QED) is 0.683. The van der Waals surface area contributed by atoms with Crippen molar-refractivity contribution in [3.05, 3.63) is 0 Å². The highest BCUT2D eigenvalue weighted by Gasteiger charge is 2.34. The summed E-state index contributed by atoms with van der Waals surface area (Å²) in [5.74, 6) is 0.254. The molecule has 2 fully saturated rings. The lowest BCUT2D eigenvalue weighted by atomic mass is 10.1. The molecular weight excluding hydrogens is 218 g/mol. The van der Waals surface area contributed by atoms with E-state index in [9.17, 15) is 9.90 Å². The lowest BCUT2D eigenvalue weighted by Gasteiger charge is -2.33. The Kier molecular flexibility index (Phi) is 4.36. The molecule has 1 amide bonds. The topological polar surface area (TPSA) is 55.8 Å². The van der Waals surface area contributed by atoms with Crippen LogP contribution in [-0.4, -0.2) is 72.2 Å². The van der Waals surface area contributed by atoms with Gasteiger partial charge in [0.05, 0.1) is 12.1 Å². The molecule has 0 bridgehead atoms. The van der Waals surface area contributed by atoms with E-state index in [-0.39, 0.29) is 18.1 Å². The number of hydrogen-bond donors (Lipinski definition) is 2. The van der Waals surface area contributed by atoms with Crippen LogP contribution in [0.5, 0.6) is 0 Å². The highest BCUT2D eigenvalue weighted by molar-refractivity contribution is 5.82. The average Bonchev–Trinajstić information content (AvgIpc) is 2.76. The van der Waals surface area contributed by atoms with Crippen molar-refractivity contribution in [3.63, 3.8) is 0 Å². The Balaban J connectivity index is 1.92. The molecule has 2 atom stereocenters. The summed E-state index contributed by atoms with van der Waals surface area (Å²) in [6.07, 6.45) is 1.65. The van der Waals surface area contributed by atoms with Crippen molar-refractivity contribution >= 4 is 5.91 Å². The van der Waals surface area contributed by atoms with Crippen molar-refractivity contribution in [1.82, 2.24) is 15.1 Å². The second-order valence-corrected chi connectivity index (χ2v) is 5.08. The van der Waals surface area contributed by atoms with E-state index in [4.69, 9.17) is 0 Å². The number of aliphatic hydroxyl groups is 1. The van der Waals surface area contributed by atoms with Crippen LogP contribution in [0.4, 0.5) is 0 Å². The Labute approximate surface area is 103 Å². The Bertz CT molecular complexity index is 264. The van der Waals surface area contributed by atoms with E-state index in [1.807, 2.05) is 4.90 Å². The predicted octanol–water partition coefficient (Wildman–Crippen LogP) is -0.737. The number of rotatable bonds is 3. The zero-order valence-corrected chi connectivity index (χ0v) is 10.6. The first kappa shape index (κ1) is 12.8. The van der Waals surface area contributed by atoms with Gasteiger partial charge in [-0.15, -0.1) is 0 Å². The molecule has 98 valence electrons. The minimum absolute atomic E-state index is 0.00250. The number of hydrogen-bond acceptors (Lipinski definition) is 4. The van der Waals surface area contributed by atoms with Crippen molar-refractivity contribution in [2.45, 2.75) is 31.9 Å². The van der Waals surface area contributed by atoms with Crippen LogP contribution >= 0.6 is 0 Å².